The average molecular weight is 259 g/mol. The zero-order valence-corrected chi connectivity index (χ0v) is 10.7. The van der Waals surface area contributed by atoms with Crippen LogP contribution in [-0.2, 0) is 4.74 Å². The maximum Gasteiger partial charge on any atom is 0.194 e. The summed E-state index contributed by atoms with van der Waals surface area (Å²) in [7, 11) is 0. The predicted molar refractivity (Wildman–Crippen MR) is 73.1 cm³/mol. The normalized spacial score (nSPS) is 19.9. The number of fused-ring (bicyclic) bond motifs is 1. The second-order valence-corrected chi connectivity index (χ2v) is 5.36. The van der Waals surface area contributed by atoms with E-state index in [2.05, 4.69) is 4.98 Å². The summed E-state index contributed by atoms with van der Waals surface area (Å²) >= 11 is 1.77. The molecule has 1 atom stereocenters. The summed E-state index contributed by atoms with van der Waals surface area (Å²) in [5.41, 5.74) is 0.667. The highest BCUT2D eigenvalue weighted by Crippen LogP contribution is 2.22. The van der Waals surface area contributed by atoms with Crippen molar-refractivity contribution in [2.24, 2.45) is 0 Å². The van der Waals surface area contributed by atoms with Crippen molar-refractivity contribution in [2.45, 2.75) is 6.10 Å². The number of thioether (sulfide) groups is 1. The molecule has 0 spiro atoms. The third-order valence-corrected chi connectivity index (χ3v) is 4.04. The van der Waals surface area contributed by atoms with Crippen molar-refractivity contribution in [1.29, 1.82) is 0 Å². The molecule has 1 saturated heterocycles. The summed E-state index contributed by atoms with van der Waals surface area (Å²) in [6, 6.07) is 7.82. The maximum absolute atomic E-state index is 12.4. The Kier molecular flexibility index (Phi) is 3.30. The Balaban J connectivity index is 2.00. The van der Waals surface area contributed by atoms with Crippen molar-refractivity contribution in [1.82, 2.24) is 4.98 Å². The smallest absolute Gasteiger partial charge is 0.194 e. The highest BCUT2D eigenvalue weighted by molar-refractivity contribution is 7.99. The molecular weight excluding hydrogens is 246 g/mol. The third-order valence-electron chi connectivity index (χ3n) is 3.04. The molecule has 1 unspecified atom stereocenters. The molecular formula is C14H13NO2S. The summed E-state index contributed by atoms with van der Waals surface area (Å²) < 4.78 is 5.54. The van der Waals surface area contributed by atoms with Crippen molar-refractivity contribution in [3.05, 3.63) is 42.2 Å². The molecule has 3 rings (SSSR count). The van der Waals surface area contributed by atoms with E-state index in [1.807, 2.05) is 24.3 Å². The first-order chi connectivity index (χ1) is 8.86. The summed E-state index contributed by atoms with van der Waals surface area (Å²) in [6.07, 6.45) is 3.10. The molecule has 18 heavy (non-hydrogen) atoms. The molecule has 0 aliphatic carbocycles. The molecule has 4 heteroatoms. The van der Waals surface area contributed by atoms with Crippen LogP contribution in [0.1, 0.15) is 10.4 Å². The van der Waals surface area contributed by atoms with Gasteiger partial charge in [-0.3, -0.25) is 9.78 Å². The first kappa shape index (κ1) is 11.7. The van der Waals surface area contributed by atoms with Crippen molar-refractivity contribution in [2.75, 3.05) is 18.1 Å². The van der Waals surface area contributed by atoms with E-state index in [-0.39, 0.29) is 11.9 Å². The molecule has 0 N–H and O–H groups in total. The van der Waals surface area contributed by atoms with Gasteiger partial charge in [-0.05, 0) is 5.39 Å². The van der Waals surface area contributed by atoms with Crippen LogP contribution in [0.5, 0.6) is 0 Å². The van der Waals surface area contributed by atoms with Crippen molar-refractivity contribution < 1.29 is 9.53 Å². The van der Waals surface area contributed by atoms with Gasteiger partial charge in [-0.15, -0.1) is 0 Å². The molecule has 0 bridgehead atoms. The van der Waals surface area contributed by atoms with Crippen molar-refractivity contribution in [3.8, 4) is 0 Å². The van der Waals surface area contributed by atoms with Gasteiger partial charge in [0, 0.05) is 34.8 Å². The largest absolute Gasteiger partial charge is 0.368 e. The van der Waals surface area contributed by atoms with Crippen LogP contribution in [-0.4, -0.2) is 35.0 Å². The number of ether oxygens (including phenoxy) is 1. The number of carbonyl (C=O) groups excluding carboxylic acids is 1. The van der Waals surface area contributed by atoms with Crippen molar-refractivity contribution >= 4 is 28.3 Å². The van der Waals surface area contributed by atoms with Crippen LogP contribution in [0.4, 0.5) is 0 Å². The highest BCUT2D eigenvalue weighted by atomic mass is 32.2. The van der Waals surface area contributed by atoms with Gasteiger partial charge in [0.15, 0.2) is 5.78 Å². The van der Waals surface area contributed by atoms with Crippen LogP contribution in [0, 0.1) is 0 Å². The summed E-state index contributed by atoms with van der Waals surface area (Å²) in [4.78, 5) is 16.6. The lowest BCUT2D eigenvalue weighted by Crippen LogP contribution is -2.31. The Morgan fingerprint density at radius 2 is 2.22 bits per heavy atom. The average Bonchev–Trinajstić information content (AvgIpc) is 2.47. The van der Waals surface area contributed by atoms with E-state index >= 15 is 0 Å². The Morgan fingerprint density at radius 1 is 1.33 bits per heavy atom. The predicted octanol–water partition coefficient (Wildman–Crippen LogP) is 2.55. The van der Waals surface area contributed by atoms with E-state index in [0.717, 1.165) is 22.3 Å². The lowest BCUT2D eigenvalue weighted by molar-refractivity contribution is 0.0520. The maximum atomic E-state index is 12.4. The molecule has 1 aliphatic heterocycles. The summed E-state index contributed by atoms with van der Waals surface area (Å²) in [5.74, 6) is 1.76. The number of ketones is 1. The van der Waals surface area contributed by atoms with E-state index in [1.165, 1.54) is 0 Å². The molecule has 1 aliphatic rings. The summed E-state index contributed by atoms with van der Waals surface area (Å²) in [6.45, 7) is 0.652. The van der Waals surface area contributed by atoms with Gasteiger partial charge >= 0.3 is 0 Å². The molecule has 1 aromatic carbocycles. The second kappa shape index (κ2) is 5.08. The first-order valence-corrected chi connectivity index (χ1v) is 7.08. The minimum atomic E-state index is -0.323. The molecule has 1 fully saturated rings. The van der Waals surface area contributed by atoms with Crippen LogP contribution in [0.3, 0.4) is 0 Å². The number of hydrogen-bond acceptors (Lipinski definition) is 4. The second-order valence-electron chi connectivity index (χ2n) is 4.21. The zero-order valence-electron chi connectivity index (χ0n) is 9.83. The first-order valence-electron chi connectivity index (χ1n) is 5.92. The Hall–Kier alpha value is -1.39. The van der Waals surface area contributed by atoms with E-state index < -0.39 is 0 Å². The van der Waals surface area contributed by atoms with Gasteiger partial charge in [0.25, 0.3) is 0 Å². The molecule has 3 nitrogen and oxygen atoms in total. The molecule has 0 amide bonds. The standard InChI is InChI=1S/C14H13NO2S/c16-14(13-9-18-6-5-17-13)12-8-15-7-10-3-1-2-4-11(10)12/h1-4,7-8,13H,5-6,9H2. The lowest BCUT2D eigenvalue weighted by atomic mass is 10.0. The van der Waals surface area contributed by atoms with Crippen LogP contribution in [0.15, 0.2) is 36.7 Å². The fraction of sp³-hybridized carbons (Fsp3) is 0.286. The number of carbonyl (C=O) groups is 1. The van der Waals surface area contributed by atoms with Crippen LogP contribution < -0.4 is 0 Å². The fourth-order valence-electron chi connectivity index (χ4n) is 2.13. The zero-order chi connectivity index (χ0) is 12.4. The van der Waals surface area contributed by atoms with Crippen LogP contribution >= 0.6 is 11.8 Å². The van der Waals surface area contributed by atoms with Gasteiger partial charge in [0.05, 0.1) is 6.61 Å². The lowest BCUT2D eigenvalue weighted by Gasteiger charge is -2.21. The molecule has 0 radical (unpaired) electrons. The van der Waals surface area contributed by atoms with Gasteiger partial charge in [-0.2, -0.15) is 11.8 Å². The molecule has 2 heterocycles. The van der Waals surface area contributed by atoms with Gasteiger partial charge in [0.2, 0.25) is 0 Å². The minimum absolute atomic E-state index is 0.0477. The number of benzene rings is 1. The van der Waals surface area contributed by atoms with Gasteiger partial charge in [0.1, 0.15) is 6.10 Å². The van der Waals surface area contributed by atoms with Crippen LogP contribution in [0.25, 0.3) is 10.8 Å². The van der Waals surface area contributed by atoms with Gasteiger partial charge < -0.3 is 4.74 Å². The topological polar surface area (TPSA) is 39.2 Å². The van der Waals surface area contributed by atoms with E-state index in [4.69, 9.17) is 4.74 Å². The number of hydrogen-bond donors (Lipinski definition) is 0. The Labute approximate surface area is 110 Å². The van der Waals surface area contributed by atoms with Gasteiger partial charge in [-0.1, -0.05) is 24.3 Å². The Bertz CT molecular complexity index is 574. The fourth-order valence-corrected chi connectivity index (χ4v) is 2.97. The number of pyridine rings is 1. The van der Waals surface area contributed by atoms with E-state index in [9.17, 15) is 4.79 Å². The van der Waals surface area contributed by atoms with Crippen LogP contribution in [0.2, 0.25) is 0 Å². The molecule has 1 aromatic heterocycles. The third kappa shape index (κ3) is 2.13. The number of aromatic nitrogens is 1. The Morgan fingerprint density at radius 3 is 3.06 bits per heavy atom. The van der Waals surface area contributed by atoms with E-state index in [0.29, 0.717) is 12.2 Å². The molecule has 0 saturated carbocycles. The van der Waals surface area contributed by atoms with Crippen molar-refractivity contribution in [3.63, 3.8) is 0 Å². The molecule has 2 aromatic rings. The number of nitrogens with zero attached hydrogens (tertiary/aromatic N) is 1. The highest BCUT2D eigenvalue weighted by Gasteiger charge is 2.25. The number of Topliss-reactive ketones (excluding diaryl/α,β-unsaturated/α-hetero) is 1. The monoisotopic (exact) mass is 259 g/mol. The SMILES string of the molecule is O=C(c1cncc2ccccc12)C1CSCCO1. The molecule has 92 valence electrons. The number of rotatable bonds is 2. The summed E-state index contributed by atoms with van der Waals surface area (Å²) in [5, 5.41) is 1.95. The van der Waals surface area contributed by atoms with E-state index in [1.54, 1.807) is 24.2 Å². The minimum Gasteiger partial charge on any atom is -0.368 e. The quantitative estimate of drug-likeness (QED) is 0.777. The van der Waals surface area contributed by atoms with Gasteiger partial charge in [-0.25, -0.2) is 0 Å².